The third kappa shape index (κ3) is 8.87. The lowest BCUT2D eigenvalue weighted by molar-refractivity contribution is 0.232. The van der Waals surface area contributed by atoms with E-state index in [1.165, 1.54) is 24.8 Å². The maximum absolute atomic E-state index is 6.71. The normalized spacial score (nSPS) is 12.4. The van der Waals surface area contributed by atoms with Crippen LogP contribution in [0.15, 0.2) is 36.4 Å². The highest BCUT2D eigenvalue weighted by Crippen LogP contribution is 2.58. The molecule has 0 spiro atoms. The van der Waals surface area contributed by atoms with E-state index in [0.29, 0.717) is 42.3 Å². The summed E-state index contributed by atoms with van der Waals surface area (Å²) in [6.07, 6.45) is 8.06. The fraction of sp³-hybridized carbons (Fsp3) is 0.512. The van der Waals surface area contributed by atoms with Crippen molar-refractivity contribution in [1.29, 1.82) is 0 Å². The Bertz CT molecular complexity index is 1640. The van der Waals surface area contributed by atoms with E-state index < -0.39 is 0 Å². The molecule has 4 aromatic rings. The smallest absolute Gasteiger partial charge is 0.181 e. The summed E-state index contributed by atoms with van der Waals surface area (Å²) in [5.74, 6) is 5.56. The Morgan fingerprint density at radius 2 is 1.10 bits per heavy atom. The summed E-state index contributed by atoms with van der Waals surface area (Å²) in [7, 11) is 6.73. The van der Waals surface area contributed by atoms with Gasteiger partial charge in [-0.15, -0.1) is 22.7 Å². The van der Waals surface area contributed by atoms with Gasteiger partial charge in [-0.1, -0.05) is 71.4 Å². The van der Waals surface area contributed by atoms with Gasteiger partial charge in [0.2, 0.25) is 0 Å². The highest BCUT2D eigenvalue weighted by molar-refractivity contribution is 7.25. The van der Waals surface area contributed by atoms with Gasteiger partial charge < -0.3 is 28.4 Å². The molecule has 4 rings (SSSR count). The quantitative estimate of drug-likeness (QED) is 0.0911. The molecular weight excluding hydrogens is 653 g/mol. The van der Waals surface area contributed by atoms with Crippen molar-refractivity contribution in [2.24, 2.45) is 11.8 Å². The van der Waals surface area contributed by atoms with Crippen LogP contribution in [-0.2, 0) is 0 Å². The van der Waals surface area contributed by atoms with Crippen LogP contribution in [0.3, 0.4) is 0 Å². The number of benzene rings is 2. The highest BCUT2D eigenvalue weighted by atomic mass is 32.1. The lowest BCUT2D eigenvalue weighted by atomic mass is 9.97. The van der Waals surface area contributed by atoms with E-state index in [1.807, 2.05) is 6.92 Å². The number of rotatable bonds is 20. The number of hydrogen-bond donors (Lipinski definition) is 0. The largest absolute Gasteiger partial charge is 0.493 e. The maximum atomic E-state index is 6.71. The zero-order valence-corrected chi connectivity index (χ0v) is 32.9. The second-order valence-electron chi connectivity index (χ2n) is 12.7. The summed E-state index contributed by atoms with van der Waals surface area (Å²) in [4.78, 5) is 3.89. The number of unbranched alkanes of at least 4 members (excludes halogenated alkanes) is 1. The first-order valence-corrected chi connectivity index (χ1v) is 19.4. The molecule has 0 aliphatic rings. The van der Waals surface area contributed by atoms with Crippen LogP contribution in [0.25, 0.3) is 31.3 Å². The molecule has 2 aromatic heterocycles. The van der Waals surface area contributed by atoms with Crippen LogP contribution in [0.1, 0.15) is 83.1 Å². The zero-order chi connectivity index (χ0) is 35.5. The van der Waals surface area contributed by atoms with Crippen LogP contribution < -0.4 is 28.4 Å². The summed E-state index contributed by atoms with van der Waals surface area (Å²) in [6, 6.07) is 12.9. The Labute approximate surface area is 302 Å². The van der Waals surface area contributed by atoms with E-state index in [1.54, 1.807) is 51.1 Å². The Hall–Kier alpha value is -3.36. The van der Waals surface area contributed by atoms with Crippen LogP contribution in [0.4, 0.5) is 0 Å². The number of ether oxygens (including phenoxy) is 6. The molecule has 0 saturated carbocycles. The molecular formula is C41H56O6S2. The maximum Gasteiger partial charge on any atom is 0.181 e. The van der Waals surface area contributed by atoms with E-state index in [9.17, 15) is 0 Å². The minimum absolute atomic E-state index is 0.505. The molecule has 6 nitrogen and oxygen atoms in total. The van der Waals surface area contributed by atoms with Crippen LogP contribution in [0.2, 0.25) is 0 Å². The molecule has 268 valence electrons. The predicted molar refractivity (Wildman–Crippen MR) is 207 cm³/mol. The number of thiophene rings is 2. The SMILES string of the molecule is CCCCC(CC)COc1ccc(-c2sc(-c3sc(C)c(OC)c3OC)c(OC)c2OC)cc1-c1cc(C)ccc1OCC(CC)CCC. The summed E-state index contributed by atoms with van der Waals surface area (Å²) >= 11 is 3.25. The van der Waals surface area contributed by atoms with Crippen molar-refractivity contribution in [3.8, 4) is 65.8 Å². The van der Waals surface area contributed by atoms with Gasteiger partial charge in [-0.3, -0.25) is 0 Å². The van der Waals surface area contributed by atoms with Crippen molar-refractivity contribution in [3.05, 3.63) is 46.8 Å². The first-order chi connectivity index (χ1) is 23.8. The highest BCUT2D eigenvalue weighted by Gasteiger charge is 2.29. The molecule has 0 N–H and O–H groups in total. The van der Waals surface area contributed by atoms with E-state index in [4.69, 9.17) is 28.4 Å². The predicted octanol–water partition coefficient (Wildman–Crippen LogP) is 12.3. The average molecular weight is 709 g/mol. The van der Waals surface area contributed by atoms with Gasteiger partial charge in [0.25, 0.3) is 0 Å². The van der Waals surface area contributed by atoms with Gasteiger partial charge in [0.15, 0.2) is 23.0 Å². The van der Waals surface area contributed by atoms with E-state index >= 15 is 0 Å². The van der Waals surface area contributed by atoms with Crippen LogP contribution in [0, 0.1) is 25.7 Å². The lowest BCUT2D eigenvalue weighted by Crippen LogP contribution is -2.12. The van der Waals surface area contributed by atoms with Crippen molar-refractivity contribution >= 4 is 22.7 Å². The van der Waals surface area contributed by atoms with Gasteiger partial charge in [-0.2, -0.15) is 0 Å². The van der Waals surface area contributed by atoms with Crippen LogP contribution >= 0.6 is 22.7 Å². The summed E-state index contributed by atoms with van der Waals surface area (Å²) in [6.45, 7) is 14.5. The Morgan fingerprint density at radius 3 is 1.67 bits per heavy atom. The van der Waals surface area contributed by atoms with Gasteiger partial charge in [0, 0.05) is 16.0 Å². The standard InChI is InChI=1S/C41H56O6S2/c1-11-15-17-29(14-4)25-47-34-21-19-30(23-32(34)31-22-26(5)18-20-33(31)46-24-28(13-3)16-12-2)39-37(44-9)38(45-10)41(49-39)40-36(43-8)35(42-7)27(6)48-40/h18-23,28-29H,11-17,24-25H2,1-10H3. The monoisotopic (exact) mass is 708 g/mol. The molecule has 0 aliphatic carbocycles. The van der Waals surface area contributed by atoms with Crippen molar-refractivity contribution in [2.75, 3.05) is 41.7 Å². The number of aryl methyl sites for hydroxylation is 2. The Morgan fingerprint density at radius 1 is 0.571 bits per heavy atom. The molecule has 2 heterocycles. The zero-order valence-electron chi connectivity index (χ0n) is 31.2. The minimum atomic E-state index is 0.505. The summed E-state index contributed by atoms with van der Waals surface area (Å²) < 4.78 is 37.0. The van der Waals surface area contributed by atoms with Crippen molar-refractivity contribution in [1.82, 2.24) is 0 Å². The number of hydrogen-bond acceptors (Lipinski definition) is 8. The van der Waals surface area contributed by atoms with Crippen molar-refractivity contribution in [3.63, 3.8) is 0 Å². The van der Waals surface area contributed by atoms with Gasteiger partial charge >= 0.3 is 0 Å². The molecule has 0 amide bonds. The van der Waals surface area contributed by atoms with Gasteiger partial charge in [0.1, 0.15) is 11.5 Å². The van der Waals surface area contributed by atoms with Crippen molar-refractivity contribution in [2.45, 2.75) is 86.5 Å². The second kappa shape index (κ2) is 18.6. The Kier molecular flexibility index (Phi) is 14.6. The van der Waals surface area contributed by atoms with Crippen LogP contribution in [0.5, 0.6) is 34.5 Å². The topological polar surface area (TPSA) is 55.4 Å². The first-order valence-electron chi connectivity index (χ1n) is 17.8. The third-order valence-electron chi connectivity index (χ3n) is 9.27. The fourth-order valence-corrected chi connectivity index (χ4v) is 8.76. The van der Waals surface area contributed by atoms with E-state index in [0.717, 1.165) is 79.1 Å². The molecule has 0 aliphatic heterocycles. The molecule has 0 radical (unpaired) electrons. The first kappa shape index (κ1) is 38.4. The molecule has 2 unspecified atom stereocenters. The van der Waals surface area contributed by atoms with Gasteiger partial charge in [-0.25, -0.2) is 0 Å². The molecule has 0 bridgehead atoms. The molecule has 2 aromatic carbocycles. The molecule has 2 atom stereocenters. The van der Waals surface area contributed by atoms with Gasteiger partial charge in [-0.05, 0) is 74.4 Å². The molecule has 8 heteroatoms. The molecule has 0 fully saturated rings. The summed E-state index contributed by atoms with van der Waals surface area (Å²) in [5.41, 5.74) is 4.22. The summed E-state index contributed by atoms with van der Waals surface area (Å²) in [5, 5.41) is 0. The lowest BCUT2D eigenvalue weighted by Gasteiger charge is -2.21. The Balaban J connectivity index is 1.89. The third-order valence-corrected chi connectivity index (χ3v) is 11.7. The molecule has 0 saturated heterocycles. The minimum Gasteiger partial charge on any atom is -0.493 e. The van der Waals surface area contributed by atoms with E-state index in [2.05, 4.69) is 71.0 Å². The molecule has 49 heavy (non-hydrogen) atoms. The van der Waals surface area contributed by atoms with E-state index in [-0.39, 0.29) is 0 Å². The van der Waals surface area contributed by atoms with Crippen LogP contribution in [-0.4, -0.2) is 41.7 Å². The van der Waals surface area contributed by atoms with Crippen molar-refractivity contribution < 1.29 is 28.4 Å². The fourth-order valence-electron chi connectivity index (χ4n) is 6.31. The average Bonchev–Trinajstić information content (AvgIpc) is 3.66. The number of methoxy groups -OCH3 is 4. The second-order valence-corrected chi connectivity index (χ2v) is 14.9. The van der Waals surface area contributed by atoms with Gasteiger partial charge in [0.05, 0.1) is 56.3 Å².